The van der Waals surface area contributed by atoms with E-state index in [9.17, 15) is 18.0 Å². The summed E-state index contributed by atoms with van der Waals surface area (Å²) in [5, 5.41) is 0. The second-order valence-electron chi connectivity index (χ2n) is 3.93. The SMILES string of the molecule is CC(CN)N(C)C(=O)c1ccc(C(F)(F)F)nc1.Cl.Cl. The lowest BCUT2D eigenvalue weighted by atomic mass is 10.2. The first-order chi connectivity index (χ1) is 8.27. The number of rotatable bonds is 3. The maximum atomic E-state index is 12.3. The van der Waals surface area contributed by atoms with Crippen molar-refractivity contribution in [1.29, 1.82) is 0 Å². The largest absolute Gasteiger partial charge is 0.433 e. The van der Waals surface area contributed by atoms with Crippen molar-refractivity contribution in [3.8, 4) is 0 Å². The van der Waals surface area contributed by atoms with Crippen molar-refractivity contribution in [3.63, 3.8) is 0 Å². The number of hydrogen-bond donors (Lipinski definition) is 1. The zero-order valence-electron chi connectivity index (χ0n) is 10.8. The monoisotopic (exact) mass is 333 g/mol. The third-order valence-electron chi connectivity index (χ3n) is 2.62. The minimum Gasteiger partial charge on any atom is -0.338 e. The first kappa shape index (κ1) is 21.3. The molecule has 1 unspecified atom stereocenters. The molecule has 0 saturated heterocycles. The van der Waals surface area contributed by atoms with Crippen molar-refractivity contribution >= 4 is 30.7 Å². The summed E-state index contributed by atoms with van der Waals surface area (Å²) >= 11 is 0. The van der Waals surface area contributed by atoms with Crippen molar-refractivity contribution in [3.05, 3.63) is 29.6 Å². The first-order valence-corrected chi connectivity index (χ1v) is 5.28. The van der Waals surface area contributed by atoms with Gasteiger partial charge in [0.05, 0.1) is 5.56 Å². The molecule has 4 nitrogen and oxygen atoms in total. The molecule has 1 atom stereocenters. The molecule has 0 bridgehead atoms. The Balaban J connectivity index is 0. The molecule has 2 N–H and O–H groups in total. The van der Waals surface area contributed by atoms with Crippen LogP contribution in [0, 0.1) is 0 Å². The minimum absolute atomic E-state index is 0. The summed E-state index contributed by atoms with van der Waals surface area (Å²) < 4.78 is 36.9. The summed E-state index contributed by atoms with van der Waals surface area (Å²) in [5.74, 6) is -0.408. The molecule has 0 fully saturated rings. The Morgan fingerprint density at radius 3 is 2.30 bits per heavy atom. The highest BCUT2D eigenvalue weighted by Crippen LogP contribution is 2.27. The molecule has 1 aromatic heterocycles. The molecular weight excluding hydrogens is 318 g/mol. The van der Waals surface area contributed by atoms with E-state index in [1.807, 2.05) is 0 Å². The van der Waals surface area contributed by atoms with Crippen LogP contribution in [0.3, 0.4) is 0 Å². The summed E-state index contributed by atoms with van der Waals surface area (Å²) in [7, 11) is 1.54. The topological polar surface area (TPSA) is 59.2 Å². The van der Waals surface area contributed by atoms with Gasteiger partial charge in [-0.25, -0.2) is 0 Å². The van der Waals surface area contributed by atoms with Crippen LogP contribution >= 0.6 is 24.8 Å². The summed E-state index contributed by atoms with van der Waals surface area (Å²) in [4.78, 5) is 16.5. The van der Waals surface area contributed by atoms with Crippen LogP contribution in [0.4, 0.5) is 13.2 Å². The van der Waals surface area contributed by atoms with Crippen LogP contribution < -0.4 is 5.73 Å². The molecule has 0 aliphatic carbocycles. The van der Waals surface area contributed by atoms with Crippen LogP contribution in [0.15, 0.2) is 18.3 Å². The number of likely N-dealkylation sites (N-methyl/N-ethyl adjacent to an activating group) is 1. The molecule has 1 rings (SSSR count). The molecule has 0 aromatic carbocycles. The number of amides is 1. The molecule has 1 heterocycles. The fourth-order valence-electron chi connectivity index (χ4n) is 1.25. The molecule has 0 aliphatic heterocycles. The van der Waals surface area contributed by atoms with Gasteiger partial charge in [0, 0.05) is 25.8 Å². The van der Waals surface area contributed by atoms with E-state index in [-0.39, 0.29) is 43.0 Å². The molecule has 0 aliphatic rings. The van der Waals surface area contributed by atoms with E-state index in [0.29, 0.717) is 0 Å². The Morgan fingerprint density at radius 1 is 1.40 bits per heavy atom. The first-order valence-electron chi connectivity index (χ1n) is 5.28. The van der Waals surface area contributed by atoms with Crippen LogP contribution in [0.1, 0.15) is 23.0 Å². The predicted molar refractivity (Wildman–Crippen MR) is 74.3 cm³/mol. The molecule has 20 heavy (non-hydrogen) atoms. The number of carbonyl (C=O) groups excluding carboxylic acids is 1. The smallest absolute Gasteiger partial charge is 0.338 e. The number of carbonyl (C=O) groups is 1. The number of pyridine rings is 1. The molecule has 0 saturated carbocycles. The normalized spacial score (nSPS) is 11.9. The standard InChI is InChI=1S/C11H14F3N3O.2ClH/c1-7(5-15)17(2)10(18)8-3-4-9(16-6-8)11(12,13)14;;/h3-4,6-7H,5,15H2,1-2H3;2*1H. The van der Waals surface area contributed by atoms with Gasteiger partial charge in [0.15, 0.2) is 0 Å². The number of nitrogens with zero attached hydrogens (tertiary/aromatic N) is 2. The van der Waals surface area contributed by atoms with E-state index in [1.54, 1.807) is 6.92 Å². The maximum absolute atomic E-state index is 12.3. The Labute approximate surface area is 127 Å². The van der Waals surface area contributed by atoms with Crippen molar-refractivity contribution < 1.29 is 18.0 Å². The number of alkyl halides is 3. The highest BCUT2D eigenvalue weighted by Gasteiger charge is 2.32. The summed E-state index contributed by atoms with van der Waals surface area (Å²) in [6.45, 7) is 2.02. The second-order valence-corrected chi connectivity index (χ2v) is 3.93. The Kier molecular flexibility index (Phi) is 8.80. The van der Waals surface area contributed by atoms with Crippen LogP contribution in [-0.4, -0.2) is 35.4 Å². The van der Waals surface area contributed by atoms with E-state index in [2.05, 4.69) is 4.98 Å². The van der Waals surface area contributed by atoms with E-state index in [0.717, 1.165) is 18.3 Å². The van der Waals surface area contributed by atoms with Crippen LogP contribution in [0.5, 0.6) is 0 Å². The van der Waals surface area contributed by atoms with Gasteiger partial charge in [-0.1, -0.05) is 0 Å². The second kappa shape index (κ2) is 8.28. The minimum atomic E-state index is -4.50. The highest BCUT2D eigenvalue weighted by atomic mass is 35.5. The molecule has 0 spiro atoms. The van der Waals surface area contributed by atoms with E-state index < -0.39 is 17.8 Å². The third kappa shape index (κ3) is 5.15. The predicted octanol–water partition coefficient (Wildman–Crippen LogP) is 2.36. The average molecular weight is 334 g/mol. The number of halogens is 5. The molecule has 1 aromatic rings. The lowest BCUT2D eigenvalue weighted by molar-refractivity contribution is -0.141. The molecule has 116 valence electrons. The van der Waals surface area contributed by atoms with E-state index in [1.165, 1.54) is 11.9 Å². The Morgan fingerprint density at radius 2 is 1.95 bits per heavy atom. The van der Waals surface area contributed by atoms with Gasteiger partial charge in [-0.15, -0.1) is 24.8 Å². The fourth-order valence-corrected chi connectivity index (χ4v) is 1.25. The fraction of sp³-hybridized carbons (Fsp3) is 0.455. The van der Waals surface area contributed by atoms with Gasteiger partial charge < -0.3 is 10.6 Å². The average Bonchev–Trinajstić information content (AvgIpc) is 2.35. The van der Waals surface area contributed by atoms with Gasteiger partial charge in [-0.05, 0) is 19.1 Å². The van der Waals surface area contributed by atoms with Crippen LogP contribution in [0.2, 0.25) is 0 Å². The maximum Gasteiger partial charge on any atom is 0.433 e. The zero-order chi connectivity index (χ0) is 13.9. The van der Waals surface area contributed by atoms with Crippen LogP contribution in [0.25, 0.3) is 0 Å². The summed E-state index contributed by atoms with van der Waals surface area (Å²) in [6, 6.07) is 1.70. The highest BCUT2D eigenvalue weighted by molar-refractivity contribution is 5.93. The molecule has 9 heteroatoms. The number of nitrogens with two attached hydrogens (primary N) is 1. The molecular formula is C11H16Cl2F3N3O. The zero-order valence-corrected chi connectivity index (χ0v) is 12.5. The summed E-state index contributed by atoms with van der Waals surface area (Å²) in [5.41, 5.74) is 4.49. The summed E-state index contributed by atoms with van der Waals surface area (Å²) in [6.07, 6.45) is -3.58. The van der Waals surface area contributed by atoms with Gasteiger partial charge in [0.1, 0.15) is 5.69 Å². The Hall–Kier alpha value is -1.05. The number of aromatic nitrogens is 1. The van der Waals surface area contributed by atoms with Crippen molar-refractivity contribution in [2.24, 2.45) is 5.73 Å². The van der Waals surface area contributed by atoms with Gasteiger partial charge in [-0.2, -0.15) is 13.2 Å². The van der Waals surface area contributed by atoms with Gasteiger partial charge >= 0.3 is 6.18 Å². The molecule has 1 amide bonds. The van der Waals surface area contributed by atoms with Gasteiger partial charge in [0.25, 0.3) is 5.91 Å². The van der Waals surface area contributed by atoms with Gasteiger partial charge in [0.2, 0.25) is 0 Å². The Bertz CT molecular complexity index is 426. The quantitative estimate of drug-likeness (QED) is 0.923. The van der Waals surface area contributed by atoms with Crippen LogP contribution in [-0.2, 0) is 6.18 Å². The third-order valence-corrected chi connectivity index (χ3v) is 2.62. The lowest BCUT2D eigenvalue weighted by Gasteiger charge is -2.23. The van der Waals surface area contributed by atoms with E-state index >= 15 is 0 Å². The lowest BCUT2D eigenvalue weighted by Crippen LogP contribution is -2.39. The van der Waals surface area contributed by atoms with Gasteiger partial charge in [-0.3, -0.25) is 9.78 Å². The van der Waals surface area contributed by atoms with E-state index in [4.69, 9.17) is 5.73 Å². The van der Waals surface area contributed by atoms with Crippen molar-refractivity contribution in [1.82, 2.24) is 9.88 Å². The van der Waals surface area contributed by atoms with Crippen molar-refractivity contribution in [2.75, 3.05) is 13.6 Å². The van der Waals surface area contributed by atoms with Crippen molar-refractivity contribution in [2.45, 2.75) is 19.1 Å². The number of hydrogen-bond acceptors (Lipinski definition) is 3. The molecule has 0 radical (unpaired) electrons.